The van der Waals surface area contributed by atoms with E-state index >= 15 is 0 Å². The van der Waals surface area contributed by atoms with Crippen molar-refractivity contribution in [3.05, 3.63) is 17.0 Å². The van der Waals surface area contributed by atoms with Crippen molar-refractivity contribution in [1.29, 1.82) is 5.26 Å². The fourth-order valence-corrected chi connectivity index (χ4v) is 4.47. The number of hydrogen-bond acceptors (Lipinski definition) is 6. The van der Waals surface area contributed by atoms with Gasteiger partial charge in [0, 0.05) is 13.2 Å². The molecule has 0 atom stereocenters. The molecule has 1 fully saturated rings. The average molecular weight is 302 g/mol. The minimum atomic E-state index is -3.72. The van der Waals surface area contributed by atoms with E-state index < -0.39 is 15.6 Å². The topological polar surface area (TPSA) is 99.4 Å². The Kier molecular flexibility index (Phi) is 4.23. The van der Waals surface area contributed by atoms with Gasteiger partial charge in [-0.15, -0.1) is 11.3 Å². The van der Waals surface area contributed by atoms with E-state index in [1.54, 1.807) is 0 Å². The molecule has 1 aliphatic heterocycles. The van der Waals surface area contributed by atoms with Gasteiger partial charge in [0.2, 0.25) is 0 Å². The highest BCUT2D eigenvalue weighted by Gasteiger charge is 2.37. The van der Waals surface area contributed by atoms with Gasteiger partial charge in [0.25, 0.3) is 10.0 Å². The number of nitriles is 1. The van der Waals surface area contributed by atoms with Crippen LogP contribution in [-0.4, -0.2) is 38.9 Å². The van der Waals surface area contributed by atoms with Crippen LogP contribution in [0.15, 0.2) is 16.3 Å². The maximum absolute atomic E-state index is 12.2. The summed E-state index contributed by atoms with van der Waals surface area (Å²) in [7, 11) is -3.72. The van der Waals surface area contributed by atoms with Crippen molar-refractivity contribution in [1.82, 2.24) is 4.72 Å². The van der Waals surface area contributed by atoms with Crippen LogP contribution >= 0.6 is 11.3 Å². The Bertz CT molecular complexity index is 582. The minimum absolute atomic E-state index is 0.0865. The average Bonchev–Trinajstić information content (AvgIpc) is 2.89. The van der Waals surface area contributed by atoms with Crippen LogP contribution in [0.3, 0.4) is 0 Å². The molecule has 1 aromatic rings. The lowest BCUT2D eigenvalue weighted by atomic mass is 9.93. The summed E-state index contributed by atoms with van der Waals surface area (Å²) in [6.45, 7) is 0.556. The predicted molar refractivity (Wildman–Crippen MR) is 69.2 cm³/mol. The van der Waals surface area contributed by atoms with E-state index in [0.717, 1.165) is 11.3 Å². The molecule has 0 unspecified atom stereocenters. The monoisotopic (exact) mass is 302 g/mol. The second-order valence-corrected chi connectivity index (χ2v) is 7.38. The van der Waals surface area contributed by atoms with Crippen LogP contribution in [0, 0.1) is 11.3 Å². The zero-order valence-corrected chi connectivity index (χ0v) is 11.8. The molecule has 0 aliphatic carbocycles. The molecule has 0 saturated carbocycles. The molecule has 6 nitrogen and oxygen atoms in total. The Morgan fingerprint density at radius 2 is 2.16 bits per heavy atom. The van der Waals surface area contributed by atoms with Crippen LogP contribution in [0.2, 0.25) is 0 Å². The van der Waals surface area contributed by atoms with Crippen molar-refractivity contribution in [3.8, 4) is 6.07 Å². The number of ether oxygens (including phenoxy) is 1. The Labute approximate surface area is 115 Å². The summed E-state index contributed by atoms with van der Waals surface area (Å²) in [6.07, 6.45) is 0.860. The normalized spacial score (nSPS) is 18.9. The van der Waals surface area contributed by atoms with Gasteiger partial charge in [-0.1, -0.05) is 0 Å². The summed E-state index contributed by atoms with van der Waals surface area (Å²) in [6, 6.07) is 4.77. The van der Waals surface area contributed by atoms with Gasteiger partial charge in [-0.3, -0.25) is 0 Å². The van der Waals surface area contributed by atoms with Crippen molar-refractivity contribution < 1.29 is 18.3 Å². The largest absolute Gasteiger partial charge is 0.394 e. The summed E-state index contributed by atoms with van der Waals surface area (Å²) < 4.78 is 32.3. The maximum atomic E-state index is 12.2. The number of aliphatic hydroxyl groups excluding tert-OH is 1. The number of aliphatic hydroxyl groups is 1. The van der Waals surface area contributed by atoms with Gasteiger partial charge in [-0.05, 0) is 25.0 Å². The maximum Gasteiger partial charge on any atom is 0.250 e. The molecule has 19 heavy (non-hydrogen) atoms. The molecule has 8 heteroatoms. The lowest BCUT2D eigenvalue weighted by Gasteiger charge is -2.35. The fraction of sp³-hybridized carbons (Fsp3) is 0.545. The van der Waals surface area contributed by atoms with Crippen molar-refractivity contribution in [3.63, 3.8) is 0 Å². The first-order chi connectivity index (χ1) is 9.01. The smallest absolute Gasteiger partial charge is 0.250 e. The van der Waals surface area contributed by atoms with Crippen molar-refractivity contribution in [2.24, 2.45) is 0 Å². The van der Waals surface area contributed by atoms with E-state index in [4.69, 9.17) is 10.00 Å². The standard InChI is InChI=1S/C11H14N2O4S2/c12-7-9-1-2-10(18-9)19(15,16)13-11(8-14)3-5-17-6-4-11/h1-2,13-14H,3-6,8H2. The second kappa shape index (κ2) is 5.56. The van der Waals surface area contributed by atoms with Crippen LogP contribution in [0.4, 0.5) is 0 Å². The van der Waals surface area contributed by atoms with Crippen LogP contribution < -0.4 is 4.72 Å². The molecule has 2 heterocycles. The first kappa shape index (κ1) is 14.4. The Balaban J connectivity index is 2.22. The molecular formula is C11H14N2O4S2. The number of thiophene rings is 1. The summed E-state index contributed by atoms with van der Waals surface area (Å²) >= 11 is 0.913. The zero-order chi connectivity index (χ0) is 13.9. The van der Waals surface area contributed by atoms with E-state index in [0.29, 0.717) is 30.9 Å². The summed E-state index contributed by atoms with van der Waals surface area (Å²) in [5, 5.41) is 18.2. The Morgan fingerprint density at radius 1 is 1.47 bits per heavy atom. The molecule has 2 rings (SSSR count). The van der Waals surface area contributed by atoms with Crippen molar-refractivity contribution in [2.45, 2.75) is 22.6 Å². The lowest BCUT2D eigenvalue weighted by molar-refractivity contribution is 0.0223. The molecule has 104 valence electrons. The molecule has 1 aliphatic rings. The molecule has 0 radical (unpaired) electrons. The first-order valence-electron chi connectivity index (χ1n) is 5.74. The highest BCUT2D eigenvalue weighted by Crippen LogP contribution is 2.26. The molecule has 2 N–H and O–H groups in total. The number of sulfonamides is 1. The molecule has 0 spiro atoms. The zero-order valence-electron chi connectivity index (χ0n) is 10.1. The number of nitrogens with one attached hydrogen (secondary N) is 1. The van der Waals surface area contributed by atoms with Gasteiger partial charge in [0.15, 0.2) is 0 Å². The highest BCUT2D eigenvalue weighted by molar-refractivity contribution is 7.91. The van der Waals surface area contributed by atoms with E-state index in [-0.39, 0.29) is 10.8 Å². The molecule has 0 bridgehead atoms. The van der Waals surface area contributed by atoms with Crippen LogP contribution in [-0.2, 0) is 14.8 Å². The van der Waals surface area contributed by atoms with Gasteiger partial charge in [-0.2, -0.15) is 5.26 Å². The first-order valence-corrected chi connectivity index (χ1v) is 8.04. The Hall–Kier alpha value is -0.980. The molecular weight excluding hydrogens is 288 g/mol. The SMILES string of the molecule is N#Cc1ccc(S(=O)(=O)NC2(CO)CCOCC2)s1. The molecule has 1 aromatic heterocycles. The third kappa shape index (κ3) is 3.13. The van der Waals surface area contributed by atoms with Crippen molar-refractivity contribution in [2.75, 3.05) is 19.8 Å². The van der Waals surface area contributed by atoms with Gasteiger partial charge in [0.1, 0.15) is 15.2 Å². The van der Waals surface area contributed by atoms with Gasteiger partial charge >= 0.3 is 0 Å². The second-order valence-electron chi connectivity index (χ2n) is 4.39. The van der Waals surface area contributed by atoms with E-state index in [1.165, 1.54) is 12.1 Å². The van der Waals surface area contributed by atoms with E-state index in [9.17, 15) is 13.5 Å². The predicted octanol–water partition coefficient (Wildman–Crippen LogP) is 0.440. The molecule has 0 amide bonds. The molecule has 1 saturated heterocycles. The van der Waals surface area contributed by atoms with Gasteiger partial charge in [-0.25, -0.2) is 13.1 Å². The lowest BCUT2D eigenvalue weighted by Crippen LogP contribution is -2.54. The number of hydrogen-bond donors (Lipinski definition) is 2. The third-order valence-corrected chi connectivity index (χ3v) is 6.12. The molecule has 0 aromatic carbocycles. The van der Waals surface area contributed by atoms with Gasteiger partial charge in [0.05, 0.1) is 12.1 Å². The third-order valence-electron chi connectivity index (χ3n) is 3.06. The summed E-state index contributed by atoms with van der Waals surface area (Å²) in [5.74, 6) is 0. The quantitative estimate of drug-likeness (QED) is 0.840. The number of nitrogens with zero attached hydrogens (tertiary/aromatic N) is 1. The minimum Gasteiger partial charge on any atom is -0.394 e. The Morgan fingerprint density at radius 3 is 2.68 bits per heavy atom. The summed E-state index contributed by atoms with van der Waals surface area (Å²) in [4.78, 5) is 0.338. The van der Waals surface area contributed by atoms with E-state index in [2.05, 4.69) is 4.72 Å². The van der Waals surface area contributed by atoms with Crippen LogP contribution in [0.5, 0.6) is 0 Å². The van der Waals surface area contributed by atoms with Crippen LogP contribution in [0.1, 0.15) is 17.7 Å². The van der Waals surface area contributed by atoms with Gasteiger partial charge < -0.3 is 9.84 Å². The fourth-order valence-electron chi connectivity index (χ4n) is 1.91. The number of rotatable bonds is 4. The summed E-state index contributed by atoms with van der Waals surface area (Å²) in [5.41, 5.74) is -0.867. The van der Waals surface area contributed by atoms with Crippen molar-refractivity contribution >= 4 is 21.4 Å². The van der Waals surface area contributed by atoms with Crippen LogP contribution in [0.25, 0.3) is 0 Å². The van der Waals surface area contributed by atoms with E-state index in [1.807, 2.05) is 6.07 Å². The highest BCUT2D eigenvalue weighted by atomic mass is 32.2.